The molecule has 1 aliphatic rings. The number of esters is 2. The Labute approximate surface area is 269 Å². The maximum absolute atomic E-state index is 12.9. The summed E-state index contributed by atoms with van der Waals surface area (Å²) in [5.74, 6) is 0.653. The first-order valence-corrected chi connectivity index (χ1v) is 16.5. The van der Waals surface area contributed by atoms with Crippen LogP contribution in [0.2, 0.25) is 0 Å². The summed E-state index contributed by atoms with van der Waals surface area (Å²) in [6, 6.07) is 4.93. The fourth-order valence-corrected chi connectivity index (χ4v) is 5.78. The summed E-state index contributed by atoms with van der Waals surface area (Å²) in [6.07, 6.45) is 6.98. The summed E-state index contributed by atoms with van der Waals surface area (Å²) in [6.45, 7) is 5.32. The summed E-state index contributed by atoms with van der Waals surface area (Å²) < 4.78 is 55.9. The number of nitrogens with one attached hydrogen (secondary N) is 1. The first-order chi connectivity index (χ1) is 21.9. The minimum Gasteiger partial charge on any atom is -0.456 e. The Kier molecular flexibility index (Phi) is 14.1. The highest BCUT2D eigenvalue weighted by Crippen LogP contribution is 2.29. The number of rotatable bonds is 17. The smallest absolute Gasteiger partial charge is 0.303 e. The third-order valence-electron chi connectivity index (χ3n) is 6.97. The van der Waals surface area contributed by atoms with Gasteiger partial charge in [0, 0.05) is 39.9 Å². The molecule has 0 saturated carbocycles. The molecule has 252 valence electrons. The number of nitrogens with zero attached hydrogens (tertiary/aromatic N) is 3. The van der Waals surface area contributed by atoms with Crippen molar-refractivity contribution in [2.24, 2.45) is 0 Å². The number of aromatic nitrogens is 3. The van der Waals surface area contributed by atoms with E-state index in [-0.39, 0.29) is 11.5 Å². The summed E-state index contributed by atoms with van der Waals surface area (Å²) >= 11 is 0. The van der Waals surface area contributed by atoms with Crippen molar-refractivity contribution in [3.63, 3.8) is 0 Å². The van der Waals surface area contributed by atoms with E-state index in [2.05, 4.69) is 21.5 Å². The average molecular weight is 663 g/mol. The van der Waals surface area contributed by atoms with Crippen LogP contribution in [0.3, 0.4) is 0 Å². The lowest BCUT2D eigenvalue weighted by Gasteiger charge is -2.45. The van der Waals surface area contributed by atoms with Crippen molar-refractivity contribution < 1.29 is 45.9 Å². The molecule has 1 aliphatic heterocycles. The summed E-state index contributed by atoms with van der Waals surface area (Å²) in [5.41, 5.74) is 1.72. The highest BCUT2D eigenvalue weighted by molar-refractivity contribution is 7.86. The van der Waals surface area contributed by atoms with Crippen molar-refractivity contribution in [1.29, 1.82) is 0 Å². The molecule has 1 amide bonds. The van der Waals surface area contributed by atoms with Gasteiger partial charge in [-0.05, 0) is 44.7 Å². The number of amides is 1. The summed E-state index contributed by atoms with van der Waals surface area (Å²) in [5, 5.41) is 11.0. The van der Waals surface area contributed by atoms with E-state index >= 15 is 0 Å². The quantitative estimate of drug-likeness (QED) is 0.113. The Morgan fingerprint density at radius 2 is 1.72 bits per heavy atom. The molecular weight excluding hydrogens is 620 g/mol. The molecule has 46 heavy (non-hydrogen) atoms. The van der Waals surface area contributed by atoms with Gasteiger partial charge >= 0.3 is 11.9 Å². The molecule has 1 N–H and O–H groups in total. The highest BCUT2D eigenvalue weighted by atomic mass is 32.2. The molecule has 1 aromatic heterocycles. The predicted molar refractivity (Wildman–Crippen MR) is 163 cm³/mol. The van der Waals surface area contributed by atoms with Gasteiger partial charge in [-0.2, -0.15) is 8.42 Å². The fraction of sp³-hybridized carbons (Fsp3) is 0.581. The third kappa shape index (κ3) is 11.5. The van der Waals surface area contributed by atoms with Crippen LogP contribution >= 0.6 is 0 Å². The molecule has 14 nitrogen and oxygen atoms in total. The molecule has 15 heteroatoms. The van der Waals surface area contributed by atoms with E-state index in [0.29, 0.717) is 13.0 Å². The van der Waals surface area contributed by atoms with Gasteiger partial charge in [0.1, 0.15) is 12.1 Å². The van der Waals surface area contributed by atoms with E-state index in [9.17, 15) is 22.8 Å². The SMILES string of the molecule is C#CCCCCCc1cn(CCCO[C@H]2O[C@H](COS(=O)(=O)c3ccc(C)cc3)[C@@H](OC(C)=O)[C@H](OC(C)=O)[C@H]2NC(C)=O)nn1. The van der Waals surface area contributed by atoms with Crippen LogP contribution in [0.5, 0.6) is 0 Å². The van der Waals surface area contributed by atoms with E-state index in [4.69, 9.17) is 29.6 Å². The maximum Gasteiger partial charge on any atom is 0.303 e. The molecule has 2 aromatic rings. The standard InChI is InChI=1S/C31H42N4O10S/c1-6-7-8-9-10-12-25-19-35(34-33-25)17-11-18-41-31-28(32-22(3)36)30(44-24(5)38)29(43-23(4)37)27(45-31)20-42-46(39,40)26-15-13-21(2)14-16-26/h1,13-16,19,27-31H,7-12,17-18,20H2,2-5H3,(H,32,36)/t27-,28-,29-,30-,31+/m1/s1. The van der Waals surface area contributed by atoms with E-state index in [1.54, 1.807) is 16.8 Å². The van der Waals surface area contributed by atoms with Gasteiger partial charge in [-0.3, -0.25) is 23.2 Å². The third-order valence-corrected chi connectivity index (χ3v) is 8.27. The first-order valence-electron chi connectivity index (χ1n) is 15.1. The van der Waals surface area contributed by atoms with Crippen LogP contribution in [-0.2, 0) is 60.6 Å². The molecule has 2 heterocycles. The van der Waals surface area contributed by atoms with Crippen LogP contribution in [0.25, 0.3) is 0 Å². The second-order valence-electron chi connectivity index (χ2n) is 10.9. The Morgan fingerprint density at radius 1 is 1.02 bits per heavy atom. The fourth-order valence-electron chi connectivity index (χ4n) is 4.86. The second-order valence-corrected chi connectivity index (χ2v) is 12.5. The number of carbonyl (C=O) groups is 3. The van der Waals surface area contributed by atoms with Crippen LogP contribution in [0, 0.1) is 19.3 Å². The topological polar surface area (TPSA) is 174 Å². The zero-order valence-corrected chi connectivity index (χ0v) is 27.4. The van der Waals surface area contributed by atoms with Gasteiger partial charge in [0.05, 0.1) is 23.8 Å². The van der Waals surface area contributed by atoms with Gasteiger partial charge in [0.2, 0.25) is 5.91 Å². The van der Waals surface area contributed by atoms with Crippen molar-refractivity contribution in [3.05, 3.63) is 41.7 Å². The van der Waals surface area contributed by atoms with Gasteiger partial charge in [-0.1, -0.05) is 29.3 Å². The lowest BCUT2D eigenvalue weighted by molar-refractivity contribution is -0.275. The Balaban J connectivity index is 1.73. The Hall–Kier alpha value is -3.84. The number of aryl methyl sites for hydroxylation is 3. The van der Waals surface area contributed by atoms with Gasteiger partial charge in [-0.25, -0.2) is 0 Å². The highest BCUT2D eigenvalue weighted by Gasteiger charge is 2.51. The van der Waals surface area contributed by atoms with Gasteiger partial charge in [0.15, 0.2) is 18.5 Å². The number of benzene rings is 1. The van der Waals surface area contributed by atoms with E-state index in [1.807, 2.05) is 13.1 Å². The van der Waals surface area contributed by atoms with Crippen LogP contribution in [-0.4, -0.2) is 85.1 Å². The maximum atomic E-state index is 12.9. The molecule has 0 radical (unpaired) electrons. The molecule has 1 fully saturated rings. The molecule has 0 spiro atoms. The number of terminal acetylenes is 1. The average Bonchev–Trinajstić information content (AvgIpc) is 3.44. The van der Waals surface area contributed by atoms with Crippen molar-refractivity contribution >= 4 is 28.0 Å². The van der Waals surface area contributed by atoms with Crippen LogP contribution in [0.15, 0.2) is 35.4 Å². The van der Waals surface area contributed by atoms with Gasteiger partial charge in [0.25, 0.3) is 10.1 Å². The van der Waals surface area contributed by atoms with Crippen molar-refractivity contribution in [3.8, 4) is 12.3 Å². The number of hydrogen-bond acceptors (Lipinski definition) is 12. The minimum atomic E-state index is -4.24. The van der Waals surface area contributed by atoms with Crippen molar-refractivity contribution in [1.82, 2.24) is 20.3 Å². The first kappa shape index (κ1) is 36.6. The zero-order valence-electron chi connectivity index (χ0n) is 26.5. The van der Waals surface area contributed by atoms with Crippen LogP contribution in [0.1, 0.15) is 64.1 Å². The summed E-state index contributed by atoms with van der Waals surface area (Å²) in [7, 11) is -4.24. The lowest BCUT2D eigenvalue weighted by atomic mass is 9.96. The number of hydrogen-bond donors (Lipinski definition) is 1. The normalized spacial score (nSPS) is 21.2. The molecule has 5 atom stereocenters. The molecular formula is C31H42N4O10S. The predicted octanol–water partition coefficient (Wildman–Crippen LogP) is 2.23. The minimum absolute atomic E-state index is 0.0847. The molecule has 0 unspecified atom stereocenters. The van der Waals surface area contributed by atoms with E-state index < -0.39 is 65.2 Å². The molecule has 0 aliphatic carbocycles. The lowest BCUT2D eigenvalue weighted by Crippen LogP contribution is -2.66. The Bertz CT molecular complexity index is 1450. The molecule has 1 saturated heterocycles. The second kappa shape index (κ2) is 17.7. The van der Waals surface area contributed by atoms with Crippen molar-refractivity contribution in [2.75, 3.05) is 13.2 Å². The van der Waals surface area contributed by atoms with Crippen molar-refractivity contribution in [2.45, 2.75) is 108 Å². The zero-order chi connectivity index (χ0) is 33.7. The van der Waals surface area contributed by atoms with Crippen LogP contribution < -0.4 is 5.32 Å². The molecule has 0 bridgehead atoms. The largest absolute Gasteiger partial charge is 0.456 e. The number of unbranched alkanes of at least 4 members (excludes halogenated alkanes) is 3. The van der Waals surface area contributed by atoms with E-state index in [0.717, 1.165) is 57.2 Å². The molecule has 3 rings (SSSR count). The summed E-state index contributed by atoms with van der Waals surface area (Å²) in [4.78, 5) is 36.3. The van der Waals surface area contributed by atoms with Gasteiger partial charge in [-0.15, -0.1) is 17.4 Å². The Morgan fingerprint density at radius 3 is 2.37 bits per heavy atom. The van der Waals surface area contributed by atoms with E-state index in [1.165, 1.54) is 19.1 Å². The monoisotopic (exact) mass is 662 g/mol. The van der Waals surface area contributed by atoms with Crippen LogP contribution in [0.4, 0.5) is 0 Å². The molecule has 1 aromatic carbocycles. The number of ether oxygens (including phenoxy) is 4. The number of carbonyl (C=O) groups excluding carboxylic acids is 3. The van der Waals surface area contributed by atoms with Gasteiger partial charge < -0.3 is 24.3 Å².